The summed E-state index contributed by atoms with van der Waals surface area (Å²) in [5.74, 6) is 1.19. The van der Waals surface area contributed by atoms with Gasteiger partial charge in [0.2, 0.25) is 11.7 Å². The van der Waals surface area contributed by atoms with E-state index < -0.39 is 6.10 Å². The maximum absolute atomic E-state index is 12.4. The third-order valence-corrected chi connectivity index (χ3v) is 4.20. The second-order valence-electron chi connectivity index (χ2n) is 6.06. The van der Waals surface area contributed by atoms with Crippen molar-refractivity contribution in [2.75, 3.05) is 0 Å². The van der Waals surface area contributed by atoms with Gasteiger partial charge in [-0.1, -0.05) is 41.4 Å². The molecule has 3 aromatic rings. The number of ether oxygens (including phenoxy) is 1. The number of aromatic nitrogens is 2. The Bertz CT molecular complexity index is 892. The lowest BCUT2D eigenvalue weighted by atomic mass is 10.2. The van der Waals surface area contributed by atoms with Crippen molar-refractivity contribution >= 4 is 17.5 Å². The van der Waals surface area contributed by atoms with Crippen molar-refractivity contribution in [3.05, 3.63) is 65.0 Å². The van der Waals surface area contributed by atoms with Crippen molar-refractivity contribution in [3.8, 4) is 17.1 Å². The molecule has 1 amide bonds. The number of halogens is 1. The van der Waals surface area contributed by atoms with Crippen LogP contribution in [0.25, 0.3) is 11.4 Å². The molecule has 0 saturated carbocycles. The third kappa shape index (κ3) is 5.08. The molecule has 27 heavy (non-hydrogen) atoms. The fourth-order valence-electron chi connectivity index (χ4n) is 2.42. The summed E-state index contributed by atoms with van der Waals surface area (Å²) < 4.78 is 11.0. The van der Waals surface area contributed by atoms with Gasteiger partial charge in [-0.2, -0.15) is 4.98 Å². The molecule has 0 aliphatic heterocycles. The first-order chi connectivity index (χ1) is 13.0. The van der Waals surface area contributed by atoms with Crippen molar-refractivity contribution < 1.29 is 14.1 Å². The summed E-state index contributed by atoms with van der Waals surface area (Å²) in [6.45, 7) is 4.02. The maximum Gasteiger partial charge on any atom is 0.261 e. The Morgan fingerprint density at radius 3 is 2.56 bits per heavy atom. The molecule has 0 radical (unpaired) electrons. The van der Waals surface area contributed by atoms with E-state index in [9.17, 15) is 4.79 Å². The maximum atomic E-state index is 12.4. The second kappa shape index (κ2) is 8.68. The minimum absolute atomic E-state index is 0.132. The first-order valence-electron chi connectivity index (χ1n) is 8.64. The van der Waals surface area contributed by atoms with E-state index in [4.69, 9.17) is 20.9 Å². The van der Waals surface area contributed by atoms with Gasteiger partial charge in [0.15, 0.2) is 6.10 Å². The Balaban J connectivity index is 1.57. The van der Waals surface area contributed by atoms with Crippen LogP contribution in [0.4, 0.5) is 0 Å². The van der Waals surface area contributed by atoms with Gasteiger partial charge in [0.25, 0.3) is 5.91 Å². The van der Waals surface area contributed by atoms with Gasteiger partial charge in [-0.25, -0.2) is 0 Å². The van der Waals surface area contributed by atoms with Gasteiger partial charge in [0.05, 0.1) is 6.54 Å². The standard InChI is InChI=1S/C20H20ClN3O3/c1-3-17(26-16-10-4-13(2)5-11-16)20(25)22-12-18-23-19(24-27-18)14-6-8-15(21)9-7-14/h4-11,17H,3,12H2,1-2H3,(H,22,25). The highest BCUT2D eigenvalue weighted by molar-refractivity contribution is 6.30. The monoisotopic (exact) mass is 385 g/mol. The van der Waals surface area contributed by atoms with Gasteiger partial charge >= 0.3 is 0 Å². The summed E-state index contributed by atoms with van der Waals surface area (Å²) in [6, 6.07) is 14.7. The van der Waals surface area contributed by atoms with E-state index in [2.05, 4.69) is 15.5 Å². The van der Waals surface area contributed by atoms with Crippen LogP contribution in [-0.4, -0.2) is 22.2 Å². The lowest BCUT2D eigenvalue weighted by molar-refractivity contribution is -0.128. The molecule has 1 heterocycles. The van der Waals surface area contributed by atoms with Crippen molar-refractivity contribution in [3.63, 3.8) is 0 Å². The summed E-state index contributed by atoms with van der Waals surface area (Å²) in [4.78, 5) is 16.7. The summed E-state index contributed by atoms with van der Waals surface area (Å²) in [6.07, 6.45) is -0.0501. The quantitative estimate of drug-likeness (QED) is 0.660. The Morgan fingerprint density at radius 2 is 1.89 bits per heavy atom. The molecule has 140 valence electrons. The molecular weight excluding hydrogens is 366 g/mol. The summed E-state index contributed by atoms with van der Waals surface area (Å²) in [5.41, 5.74) is 1.92. The van der Waals surface area contributed by atoms with Crippen LogP contribution >= 0.6 is 11.6 Å². The summed E-state index contributed by atoms with van der Waals surface area (Å²) >= 11 is 5.87. The zero-order valence-corrected chi connectivity index (χ0v) is 15.9. The molecule has 6 nitrogen and oxygen atoms in total. The normalized spacial score (nSPS) is 11.8. The van der Waals surface area contributed by atoms with Crippen molar-refractivity contribution in [2.24, 2.45) is 0 Å². The van der Waals surface area contributed by atoms with Gasteiger partial charge in [-0.3, -0.25) is 4.79 Å². The van der Waals surface area contributed by atoms with Gasteiger partial charge in [0.1, 0.15) is 5.75 Å². The van der Waals surface area contributed by atoms with Gasteiger partial charge in [0, 0.05) is 10.6 Å². The number of nitrogens with one attached hydrogen (secondary N) is 1. The average molecular weight is 386 g/mol. The van der Waals surface area contributed by atoms with Crippen LogP contribution in [0.1, 0.15) is 24.8 Å². The van der Waals surface area contributed by atoms with Crippen molar-refractivity contribution in [1.82, 2.24) is 15.5 Å². The molecule has 3 rings (SSSR count). The predicted octanol–water partition coefficient (Wildman–Crippen LogP) is 4.17. The molecule has 0 saturated heterocycles. The fourth-order valence-corrected chi connectivity index (χ4v) is 2.55. The van der Waals surface area contributed by atoms with Gasteiger partial charge < -0.3 is 14.6 Å². The van der Waals surface area contributed by atoms with Crippen LogP contribution in [0.15, 0.2) is 53.1 Å². The van der Waals surface area contributed by atoms with E-state index in [-0.39, 0.29) is 12.5 Å². The highest BCUT2D eigenvalue weighted by Gasteiger charge is 2.19. The Kier molecular flexibility index (Phi) is 6.08. The molecule has 0 aliphatic carbocycles. The number of carbonyl (C=O) groups is 1. The van der Waals surface area contributed by atoms with Crippen molar-refractivity contribution in [2.45, 2.75) is 32.9 Å². The molecule has 0 aliphatic rings. The minimum atomic E-state index is -0.591. The molecule has 7 heteroatoms. The highest BCUT2D eigenvalue weighted by atomic mass is 35.5. The first-order valence-corrected chi connectivity index (χ1v) is 9.02. The molecule has 0 spiro atoms. The number of nitrogens with zero attached hydrogens (tertiary/aromatic N) is 2. The number of amides is 1. The summed E-state index contributed by atoms with van der Waals surface area (Å²) in [5, 5.41) is 7.33. The Morgan fingerprint density at radius 1 is 1.19 bits per heavy atom. The number of benzene rings is 2. The largest absolute Gasteiger partial charge is 0.481 e. The van der Waals surface area contributed by atoms with E-state index in [1.165, 1.54) is 0 Å². The fraction of sp³-hybridized carbons (Fsp3) is 0.250. The number of hydrogen-bond acceptors (Lipinski definition) is 5. The second-order valence-corrected chi connectivity index (χ2v) is 6.50. The molecule has 2 aromatic carbocycles. The zero-order chi connectivity index (χ0) is 19.2. The van der Waals surface area contributed by atoms with E-state index in [0.29, 0.717) is 28.9 Å². The smallest absolute Gasteiger partial charge is 0.261 e. The van der Waals surface area contributed by atoms with Gasteiger partial charge in [-0.15, -0.1) is 0 Å². The predicted molar refractivity (Wildman–Crippen MR) is 102 cm³/mol. The highest BCUT2D eigenvalue weighted by Crippen LogP contribution is 2.19. The van der Waals surface area contributed by atoms with Crippen molar-refractivity contribution in [1.29, 1.82) is 0 Å². The van der Waals surface area contributed by atoms with Gasteiger partial charge in [-0.05, 0) is 49.7 Å². The molecule has 1 unspecified atom stereocenters. The molecule has 1 aromatic heterocycles. The molecule has 0 bridgehead atoms. The topological polar surface area (TPSA) is 77.2 Å². The van der Waals surface area contributed by atoms with Crippen LogP contribution in [-0.2, 0) is 11.3 Å². The number of rotatable bonds is 7. The van der Waals surface area contributed by atoms with E-state index in [1.807, 2.05) is 38.1 Å². The SMILES string of the molecule is CCC(Oc1ccc(C)cc1)C(=O)NCc1nc(-c2ccc(Cl)cc2)no1. The lowest BCUT2D eigenvalue weighted by Crippen LogP contribution is -2.37. The van der Waals surface area contributed by atoms with Crippen LogP contribution in [0.5, 0.6) is 5.75 Å². The van der Waals surface area contributed by atoms with E-state index in [1.54, 1.807) is 24.3 Å². The van der Waals surface area contributed by atoms with Crippen LogP contribution in [0.2, 0.25) is 5.02 Å². The Hall–Kier alpha value is -2.86. The number of aryl methyl sites for hydroxylation is 1. The number of carbonyl (C=O) groups excluding carboxylic acids is 1. The molecular formula is C20H20ClN3O3. The summed E-state index contributed by atoms with van der Waals surface area (Å²) in [7, 11) is 0. The van der Waals surface area contributed by atoms with E-state index in [0.717, 1.165) is 11.1 Å². The van der Waals surface area contributed by atoms with Crippen LogP contribution in [0, 0.1) is 6.92 Å². The zero-order valence-electron chi connectivity index (χ0n) is 15.1. The minimum Gasteiger partial charge on any atom is -0.481 e. The van der Waals surface area contributed by atoms with Crippen LogP contribution < -0.4 is 10.1 Å². The third-order valence-electron chi connectivity index (χ3n) is 3.95. The number of hydrogen-bond donors (Lipinski definition) is 1. The molecule has 1 atom stereocenters. The van der Waals surface area contributed by atoms with Crippen LogP contribution in [0.3, 0.4) is 0 Å². The first kappa shape index (κ1) is 18.9. The van der Waals surface area contributed by atoms with E-state index >= 15 is 0 Å². The Labute approximate surface area is 162 Å². The lowest BCUT2D eigenvalue weighted by Gasteiger charge is -2.16. The molecule has 0 fully saturated rings. The molecule has 1 N–H and O–H groups in total. The average Bonchev–Trinajstić information content (AvgIpc) is 3.15.